The van der Waals surface area contributed by atoms with Crippen molar-refractivity contribution in [1.82, 2.24) is 0 Å². The van der Waals surface area contributed by atoms with Crippen LogP contribution in [0.5, 0.6) is 0 Å². The molecule has 0 atom stereocenters. The lowest BCUT2D eigenvalue weighted by Crippen LogP contribution is -2.16. The van der Waals surface area contributed by atoms with Crippen LogP contribution in [0.4, 0.5) is 0 Å². The number of hydrogen-bond acceptors (Lipinski definition) is 2. The number of hydrogen-bond donors (Lipinski definition) is 0. The molecule has 0 N–H and O–H groups in total. The Labute approximate surface area is 98.6 Å². The topological polar surface area (TPSA) is 34.1 Å². The lowest BCUT2D eigenvalue weighted by Gasteiger charge is -2.14. The molecule has 0 unspecified atom stereocenters. The van der Waals surface area contributed by atoms with Gasteiger partial charge in [-0.15, -0.1) is 0 Å². The van der Waals surface area contributed by atoms with E-state index in [9.17, 15) is 8.42 Å². The first-order valence-electron chi connectivity index (χ1n) is 5.67. The summed E-state index contributed by atoms with van der Waals surface area (Å²) in [5.74, 6) is 0.462. The van der Waals surface area contributed by atoms with Gasteiger partial charge in [-0.05, 0) is 37.8 Å². The molecule has 0 spiro atoms. The highest BCUT2D eigenvalue weighted by molar-refractivity contribution is 7.92. The molecule has 0 aliphatic carbocycles. The molecular weight excluding hydrogens is 220 g/mol. The molecule has 3 heteroatoms. The van der Waals surface area contributed by atoms with E-state index in [0.29, 0.717) is 10.8 Å². The first kappa shape index (κ1) is 13.2. The molecule has 1 aromatic carbocycles. The normalized spacial score (nSPS) is 12.4. The third-order valence-corrected chi connectivity index (χ3v) is 4.78. The molecule has 0 aromatic heterocycles. The number of sulfone groups is 1. The summed E-state index contributed by atoms with van der Waals surface area (Å²) >= 11 is 0. The SMILES string of the molecule is CC(C)Cc1ccccc1S(=O)(=O)C(C)C. The van der Waals surface area contributed by atoms with Gasteiger partial charge in [0, 0.05) is 0 Å². The predicted molar refractivity (Wildman–Crippen MR) is 67.3 cm³/mol. The van der Waals surface area contributed by atoms with E-state index in [0.717, 1.165) is 12.0 Å². The van der Waals surface area contributed by atoms with Gasteiger partial charge in [-0.3, -0.25) is 0 Å². The minimum absolute atomic E-state index is 0.360. The molecule has 2 nitrogen and oxygen atoms in total. The largest absolute Gasteiger partial charge is 0.223 e. The smallest absolute Gasteiger partial charge is 0.180 e. The maximum absolute atomic E-state index is 12.1. The minimum atomic E-state index is -3.15. The van der Waals surface area contributed by atoms with Gasteiger partial charge < -0.3 is 0 Å². The van der Waals surface area contributed by atoms with Crippen molar-refractivity contribution in [1.29, 1.82) is 0 Å². The molecule has 0 aliphatic heterocycles. The molecular formula is C13H20O2S. The average molecular weight is 240 g/mol. The molecule has 0 amide bonds. The molecule has 0 saturated carbocycles. The molecule has 0 aliphatic rings. The van der Waals surface area contributed by atoms with Crippen molar-refractivity contribution in [3.05, 3.63) is 29.8 Å². The summed E-state index contributed by atoms with van der Waals surface area (Å²) in [6, 6.07) is 7.32. The third kappa shape index (κ3) is 2.85. The Morgan fingerprint density at radius 2 is 1.62 bits per heavy atom. The Morgan fingerprint density at radius 1 is 1.06 bits per heavy atom. The summed E-state index contributed by atoms with van der Waals surface area (Å²) in [4.78, 5) is 0.499. The summed E-state index contributed by atoms with van der Waals surface area (Å²) in [7, 11) is -3.15. The molecule has 0 saturated heterocycles. The van der Waals surface area contributed by atoms with Crippen LogP contribution in [0, 0.1) is 5.92 Å². The lowest BCUT2D eigenvalue weighted by molar-refractivity contribution is 0.582. The second-order valence-electron chi connectivity index (χ2n) is 4.80. The standard InChI is InChI=1S/C13H20O2S/c1-10(2)9-12-7-5-6-8-13(12)16(14,15)11(3)4/h5-8,10-11H,9H2,1-4H3. The first-order valence-corrected chi connectivity index (χ1v) is 7.22. The van der Waals surface area contributed by atoms with Gasteiger partial charge in [-0.2, -0.15) is 0 Å². The van der Waals surface area contributed by atoms with E-state index in [2.05, 4.69) is 13.8 Å². The Kier molecular flexibility index (Phi) is 4.14. The number of benzene rings is 1. The van der Waals surface area contributed by atoms with E-state index >= 15 is 0 Å². The van der Waals surface area contributed by atoms with Gasteiger partial charge in [0.1, 0.15) is 0 Å². The van der Waals surface area contributed by atoms with E-state index in [1.807, 2.05) is 12.1 Å². The monoisotopic (exact) mass is 240 g/mol. The van der Waals surface area contributed by atoms with Gasteiger partial charge in [0.2, 0.25) is 0 Å². The molecule has 1 rings (SSSR count). The Morgan fingerprint density at radius 3 is 2.12 bits per heavy atom. The van der Waals surface area contributed by atoms with Crippen LogP contribution in [-0.2, 0) is 16.3 Å². The highest BCUT2D eigenvalue weighted by Gasteiger charge is 2.22. The Bertz CT molecular complexity index is 445. The van der Waals surface area contributed by atoms with Crippen LogP contribution in [-0.4, -0.2) is 13.7 Å². The Hall–Kier alpha value is -0.830. The maximum atomic E-state index is 12.1. The number of rotatable bonds is 4. The second kappa shape index (κ2) is 5.00. The van der Waals surface area contributed by atoms with Crippen molar-refractivity contribution in [2.24, 2.45) is 5.92 Å². The average Bonchev–Trinajstić information content (AvgIpc) is 2.17. The van der Waals surface area contributed by atoms with Gasteiger partial charge in [0.25, 0.3) is 0 Å². The van der Waals surface area contributed by atoms with E-state index in [4.69, 9.17) is 0 Å². The molecule has 90 valence electrons. The maximum Gasteiger partial charge on any atom is 0.180 e. The molecule has 0 radical (unpaired) electrons. The quantitative estimate of drug-likeness (QED) is 0.810. The fourth-order valence-corrected chi connectivity index (χ4v) is 2.94. The highest BCUT2D eigenvalue weighted by Crippen LogP contribution is 2.22. The van der Waals surface area contributed by atoms with Crippen molar-refractivity contribution in [2.75, 3.05) is 0 Å². The highest BCUT2D eigenvalue weighted by atomic mass is 32.2. The zero-order chi connectivity index (χ0) is 12.3. The van der Waals surface area contributed by atoms with E-state index in [1.54, 1.807) is 26.0 Å². The zero-order valence-corrected chi connectivity index (χ0v) is 11.2. The molecule has 1 aromatic rings. The van der Waals surface area contributed by atoms with Crippen LogP contribution in [0.25, 0.3) is 0 Å². The summed E-state index contributed by atoms with van der Waals surface area (Å²) in [5, 5.41) is -0.360. The summed E-state index contributed by atoms with van der Waals surface area (Å²) < 4.78 is 24.3. The zero-order valence-electron chi connectivity index (χ0n) is 10.4. The predicted octanol–water partition coefficient (Wildman–Crippen LogP) is 3.07. The molecule has 0 bridgehead atoms. The summed E-state index contributed by atoms with van der Waals surface area (Å²) in [6.07, 6.45) is 0.808. The second-order valence-corrected chi connectivity index (χ2v) is 7.27. The van der Waals surface area contributed by atoms with Gasteiger partial charge in [-0.25, -0.2) is 8.42 Å². The summed E-state index contributed by atoms with van der Waals surface area (Å²) in [5.41, 5.74) is 0.936. The van der Waals surface area contributed by atoms with Crippen LogP contribution < -0.4 is 0 Å². The van der Waals surface area contributed by atoms with Gasteiger partial charge in [0.15, 0.2) is 9.84 Å². The van der Waals surface area contributed by atoms with Gasteiger partial charge in [-0.1, -0.05) is 32.0 Å². The van der Waals surface area contributed by atoms with Gasteiger partial charge in [0.05, 0.1) is 10.1 Å². The van der Waals surface area contributed by atoms with Crippen molar-refractivity contribution in [3.63, 3.8) is 0 Å². The fraction of sp³-hybridized carbons (Fsp3) is 0.538. The molecule has 0 fully saturated rings. The minimum Gasteiger partial charge on any atom is -0.223 e. The van der Waals surface area contributed by atoms with Crippen LogP contribution in [0.15, 0.2) is 29.2 Å². The van der Waals surface area contributed by atoms with Crippen molar-refractivity contribution in [2.45, 2.75) is 44.3 Å². The van der Waals surface area contributed by atoms with Crippen LogP contribution in [0.2, 0.25) is 0 Å². The van der Waals surface area contributed by atoms with Crippen molar-refractivity contribution < 1.29 is 8.42 Å². The first-order chi connectivity index (χ1) is 7.35. The summed E-state index contributed by atoms with van der Waals surface area (Å²) in [6.45, 7) is 7.64. The van der Waals surface area contributed by atoms with E-state index in [-0.39, 0.29) is 5.25 Å². The molecule has 0 heterocycles. The van der Waals surface area contributed by atoms with Crippen LogP contribution >= 0.6 is 0 Å². The van der Waals surface area contributed by atoms with E-state index in [1.165, 1.54) is 0 Å². The lowest BCUT2D eigenvalue weighted by atomic mass is 10.0. The van der Waals surface area contributed by atoms with Crippen molar-refractivity contribution in [3.8, 4) is 0 Å². The third-order valence-electron chi connectivity index (χ3n) is 2.53. The molecule has 16 heavy (non-hydrogen) atoms. The van der Waals surface area contributed by atoms with Crippen LogP contribution in [0.3, 0.4) is 0 Å². The van der Waals surface area contributed by atoms with Crippen LogP contribution in [0.1, 0.15) is 33.3 Å². The van der Waals surface area contributed by atoms with Crippen molar-refractivity contribution >= 4 is 9.84 Å². The fourth-order valence-electron chi connectivity index (χ4n) is 1.64. The van der Waals surface area contributed by atoms with Gasteiger partial charge >= 0.3 is 0 Å². The Balaban J connectivity index is 3.24. The van der Waals surface area contributed by atoms with E-state index < -0.39 is 9.84 Å².